The van der Waals surface area contributed by atoms with Crippen LogP contribution in [0.15, 0.2) is 85.0 Å². The average Bonchev–Trinajstić information content (AvgIpc) is 2.76. The van der Waals surface area contributed by atoms with E-state index in [9.17, 15) is 35.9 Å². The van der Waals surface area contributed by atoms with Crippen LogP contribution >= 0.6 is 0 Å². The number of rotatable bonds is 5. The molecule has 0 heterocycles. The van der Waals surface area contributed by atoms with Crippen LogP contribution in [0.3, 0.4) is 0 Å². The van der Waals surface area contributed by atoms with Crippen LogP contribution in [0.4, 0.5) is 26.3 Å². The van der Waals surface area contributed by atoms with Crippen molar-refractivity contribution in [2.45, 2.75) is 12.4 Å². The quantitative estimate of drug-likeness (QED) is 0.180. The second kappa shape index (κ2) is 9.05. The molecular weight excluding hydrogens is 466 g/mol. The summed E-state index contributed by atoms with van der Waals surface area (Å²) >= 11 is 0. The van der Waals surface area contributed by atoms with Gasteiger partial charge in [-0.2, -0.15) is 26.3 Å². The Hall–Kier alpha value is -4.08. The molecule has 176 valence electrons. The number of benzene rings is 3. The van der Waals surface area contributed by atoms with Gasteiger partial charge in [0.2, 0.25) is 0 Å². The van der Waals surface area contributed by atoms with Crippen molar-refractivity contribution in [2.24, 2.45) is 0 Å². The average molecular weight is 480 g/mol. The van der Waals surface area contributed by atoms with Crippen molar-refractivity contribution in [1.29, 1.82) is 0 Å². The molecule has 0 aliphatic carbocycles. The van der Waals surface area contributed by atoms with Gasteiger partial charge in [0, 0.05) is 0 Å². The first-order valence-corrected chi connectivity index (χ1v) is 9.36. The number of halogens is 6. The topological polar surface area (TPSA) is 52.6 Å². The Kier molecular flexibility index (Phi) is 6.53. The van der Waals surface area contributed by atoms with Crippen LogP contribution in [0.1, 0.15) is 0 Å². The van der Waals surface area contributed by atoms with Crippen molar-refractivity contribution in [3.05, 3.63) is 85.0 Å². The van der Waals surface area contributed by atoms with Gasteiger partial charge >= 0.3 is 24.3 Å². The van der Waals surface area contributed by atoms with E-state index in [1.165, 1.54) is 36.4 Å². The molecule has 0 aromatic heterocycles. The lowest BCUT2D eigenvalue weighted by Gasteiger charge is -2.11. The first-order chi connectivity index (χ1) is 15.8. The molecule has 0 N–H and O–H groups in total. The number of ether oxygens (including phenoxy) is 2. The highest BCUT2D eigenvalue weighted by atomic mass is 19.4. The van der Waals surface area contributed by atoms with Gasteiger partial charge in [0.05, 0.1) is 0 Å². The number of carbonyl (C=O) groups excluding carboxylic acids is 2. The van der Waals surface area contributed by atoms with Gasteiger partial charge in [-0.3, -0.25) is 0 Å². The molecule has 4 nitrogen and oxygen atoms in total. The maximum Gasteiger partial charge on any atom is 0.422 e. The molecule has 0 spiro atoms. The van der Waals surface area contributed by atoms with E-state index in [2.05, 4.69) is 13.2 Å². The second-order valence-electron chi connectivity index (χ2n) is 6.98. The third kappa shape index (κ3) is 5.64. The van der Waals surface area contributed by atoms with Gasteiger partial charge < -0.3 is 9.47 Å². The number of alkyl halides is 6. The zero-order valence-corrected chi connectivity index (χ0v) is 17.1. The van der Waals surface area contributed by atoms with Gasteiger partial charge in [-0.1, -0.05) is 43.5 Å². The summed E-state index contributed by atoms with van der Waals surface area (Å²) in [6, 6.07) is 14.9. The van der Waals surface area contributed by atoms with Gasteiger partial charge in [-0.05, 0) is 52.2 Å². The van der Waals surface area contributed by atoms with Crippen LogP contribution in [0.5, 0.6) is 11.5 Å². The van der Waals surface area contributed by atoms with Crippen LogP contribution in [0.2, 0.25) is 0 Å². The number of esters is 2. The SMILES string of the molecule is C=C(C(=O)Oc1cccc(-c2ccc3cc(OC(=O)C(=C)C(F)(F)F)ccc3c2)c1)C(F)(F)F. The standard InChI is InChI=1S/C24H14F6O4/c1-13(23(25,26)27)21(31)33-19-5-3-4-15(11-19)16-6-7-18-12-20(9-8-17(18)10-16)34-22(32)14(2)24(28,29)30/h3-12H,1-2H2. The lowest BCUT2D eigenvalue weighted by atomic mass is 10.0. The number of fused-ring (bicyclic) bond motifs is 1. The molecule has 0 bridgehead atoms. The van der Waals surface area contributed by atoms with E-state index >= 15 is 0 Å². The maximum atomic E-state index is 12.6. The summed E-state index contributed by atoms with van der Waals surface area (Å²) in [6.45, 7) is 5.38. The highest BCUT2D eigenvalue weighted by Gasteiger charge is 2.39. The molecule has 0 fully saturated rings. The van der Waals surface area contributed by atoms with Gasteiger partial charge in [-0.25, -0.2) is 9.59 Å². The summed E-state index contributed by atoms with van der Waals surface area (Å²) in [5.74, 6) is -3.49. The second-order valence-corrected chi connectivity index (χ2v) is 6.98. The fourth-order valence-electron chi connectivity index (χ4n) is 2.77. The Balaban J connectivity index is 1.81. The molecular formula is C24H14F6O4. The summed E-state index contributed by atoms with van der Waals surface area (Å²) in [6.07, 6.45) is -9.83. The van der Waals surface area contributed by atoms with Crippen molar-refractivity contribution in [3.63, 3.8) is 0 Å². The van der Waals surface area contributed by atoms with Gasteiger partial charge in [0.1, 0.15) is 22.6 Å². The van der Waals surface area contributed by atoms with Crippen molar-refractivity contribution in [2.75, 3.05) is 0 Å². The minimum Gasteiger partial charge on any atom is -0.423 e. The van der Waals surface area contributed by atoms with E-state index in [0.717, 1.165) is 0 Å². The zero-order chi connectivity index (χ0) is 25.3. The van der Waals surface area contributed by atoms with E-state index in [-0.39, 0.29) is 11.5 Å². The fraction of sp³-hybridized carbons (Fsp3) is 0.0833. The molecule has 10 heteroatoms. The zero-order valence-electron chi connectivity index (χ0n) is 17.1. The third-order valence-corrected chi connectivity index (χ3v) is 4.58. The normalized spacial score (nSPS) is 11.7. The Labute approximate surface area is 188 Å². The number of hydrogen-bond acceptors (Lipinski definition) is 4. The highest BCUT2D eigenvalue weighted by molar-refractivity contribution is 5.93. The molecule has 0 saturated heterocycles. The number of hydrogen-bond donors (Lipinski definition) is 0. The van der Waals surface area contributed by atoms with E-state index in [1.54, 1.807) is 24.3 Å². The summed E-state index contributed by atoms with van der Waals surface area (Å²) in [4.78, 5) is 23.2. The molecule has 0 amide bonds. The molecule has 34 heavy (non-hydrogen) atoms. The molecule has 0 atom stereocenters. The van der Waals surface area contributed by atoms with Crippen molar-refractivity contribution >= 4 is 22.7 Å². The van der Waals surface area contributed by atoms with Gasteiger partial charge in [0.15, 0.2) is 0 Å². The van der Waals surface area contributed by atoms with Crippen LogP contribution in [-0.4, -0.2) is 24.3 Å². The fourth-order valence-corrected chi connectivity index (χ4v) is 2.77. The predicted octanol–water partition coefficient (Wildman–Crippen LogP) is 6.55. The van der Waals surface area contributed by atoms with Crippen LogP contribution < -0.4 is 9.47 Å². The molecule has 3 aromatic rings. The van der Waals surface area contributed by atoms with E-state index in [1.807, 2.05) is 0 Å². The third-order valence-electron chi connectivity index (χ3n) is 4.58. The minimum absolute atomic E-state index is 0.116. The summed E-state index contributed by atoms with van der Waals surface area (Å²) in [5, 5.41) is 1.16. The summed E-state index contributed by atoms with van der Waals surface area (Å²) in [7, 11) is 0. The van der Waals surface area contributed by atoms with Gasteiger partial charge in [0.25, 0.3) is 0 Å². The Morgan fingerprint density at radius 2 is 1.09 bits per heavy atom. The number of carbonyl (C=O) groups is 2. The molecule has 0 aliphatic rings. The van der Waals surface area contributed by atoms with Gasteiger partial charge in [-0.15, -0.1) is 0 Å². The molecule has 0 radical (unpaired) electrons. The Morgan fingerprint density at radius 3 is 1.65 bits per heavy atom. The summed E-state index contributed by atoms with van der Waals surface area (Å²) in [5.41, 5.74) is -2.15. The highest BCUT2D eigenvalue weighted by Crippen LogP contribution is 2.31. The molecule has 3 rings (SSSR count). The lowest BCUT2D eigenvalue weighted by Crippen LogP contribution is -2.23. The van der Waals surface area contributed by atoms with E-state index < -0.39 is 35.4 Å². The van der Waals surface area contributed by atoms with Crippen LogP contribution in [0.25, 0.3) is 21.9 Å². The maximum absolute atomic E-state index is 12.6. The predicted molar refractivity (Wildman–Crippen MR) is 111 cm³/mol. The Bertz CT molecular complexity index is 1300. The molecule has 3 aromatic carbocycles. The van der Waals surface area contributed by atoms with Crippen molar-refractivity contribution < 1.29 is 45.4 Å². The van der Waals surface area contributed by atoms with Crippen molar-refractivity contribution in [3.8, 4) is 22.6 Å². The van der Waals surface area contributed by atoms with E-state index in [4.69, 9.17) is 9.47 Å². The van der Waals surface area contributed by atoms with Crippen LogP contribution in [-0.2, 0) is 9.59 Å². The largest absolute Gasteiger partial charge is 0.423 e. The lowest BCUT2D eigenvalue weighted by molar-refractivity contribution is -0.143. The minimum atomic E-state index is -4.92. The monoisotopic (exact) mass is 480 g/mol. The molecule has 0 saturated carbocycles. The smallest absolute Gasteiger partial charge is 0.422 e. The first-order valence-electron chi connectivity index (χ1n) is 9.36. The van der Waals surface area contributed by atoms with Crippen LogP contribution in [0, 0.1) is 0 Å². The van der Waals surface area contributed by atoms with E-state index in [0.29, 0.717) is 21.9 Å². The Morgan fingerprint density at radius 1 is 0.618 bits per heavy atom. The summed E-state index contributed by atoms with van der Waals surface area (Å²) < 4.78 is 85.0. The molecule has 0 unspecified atom stereocenters. The molecule has 0 aliphatic heterocycles. The van der Waals surface area contributed by atoms with Crippen molar-refractivity contribution in [1.82, 2.24) is 0 Å². The first kappa shape index (κ1) is 24.6.